The second-order valence-electron chi connectivity index (χ2n) is 7.03. The minimum Gasteiger partial charge on any atom is -0.365 e. The molecule has 0 unspecified atom stereocenters. The normalized spacial score (nSPS) is 18.9. The van der Waals surface area contributed by atoms with Gasteiger partial charge in [0.25, 0.3) is 5.91 Å². The van der Waals surface area contributed by atoms with Crippen LogP contribution in [-0.2, 0) is 0 Å². The van der Waals surface area contributed by atoms with E-state index in [1.54, 1.807) is 23.3 Å². The molecule has 3 heterocycles. The highest BCUT2D eigenvalue weighted by atomic mass is 16.1. The summed E-state index contributed by atoms with van der Waals surface area (Å²) in [5.41, 5.74) is 13.3. The molecule has 150 valence electrons. The fourth-order valence-electron chi connectivity index (χ4n) is 3.41. The van der Waals surface area contributed by atoms with E-state index in [1.807, 2.05) is 18.3 Å². The molecular formula is C19H23N9O. The predicted octanol–water partition coefficient (Wildman–Crippen LogP) is 1.58. The van der Waals surface area contributed by atoms with Gasteiger partial charge >= 0.3 is 0 Å². The molecular weight excluding hydrogens is 370 g/mol. The standard InChI is InChI=1S/C19H23N9O/c20-15-4-1-2-5-16(15)26-19-23-11-14(17(21)29)18(27-19)25-12-8-13(10-22-9-12)28-7-3-6-24-28/h3,6-11,15-16H,1-2,4-5,20H2,(H2,21,29)(H2,23,25,26,27)/t15-,16+/m0/s1. The Morgan fingerprint density at radius 3 is 2.83 bits per heavy atom. The van der Waals surface area contributed by atoms with Crippen LogP contribution in [0.5, 0.6) is 0 Å². The lowest BCUT2D eigenvalue weighted by atomic mass is 9.91. The fourth-order valence-corrected chi connectivity index (χ4v) is 3.41. The molecule has 4 rings (SSSR count). The van der Waals surface area contributed by atoms with Gasteiger partial charge in [0.1, 0.15) is 11.4 Å². The molecule has 3 aromatic heterocycles. The van der Waals surface area contributed by atoms with Gasteiger partial charge in [0, 0.05) is 30.7 Å². The van der Waals surface area contributed by atoms with Crippen molar-refractivity contribution in [2.45, 2.75) is 37.8 Å². The average Bonchev–Trinajstić information content (AvgIpc) is 3.25. The Labute approximate surface area is 167 Å². The summed E-state index contributed by atoms with van der Waals surface area (Å²) < 4.78 is 1.69. The Balaban J connectivity index is 1.60. The minimum atomic E-state index is -0.621. The molecule has 1 fully saturated rings. The number of nitrogens with one attached hydrogen (secondary N) is 2. The molecule has 0 aromatic carbocycles. The highest BCUT2D eigenvalue weighted by molar-refractivity contribution is 5.98. The zero-order valence-electron chi connectivity index (χ0n) is 15.8. The summed E-state index contributed by atoms with van der Waals surface area (Å²) in [6.07, 6.45) is 12.4. The molecule has 6 N–H and O–H groups in total. The number of nitrogens with zero attached hydrogens (tertiary/aromatic N) is 5. The second-order valence-corrected chi connectivity index (χ2v) is 7.03. The van der Waals surface area contributed by atoms with Gasteiger partial charge in [-0.15, -0.1) is 0 Å². The topological polar surface area (TPSA) is 150 Å². The maximum atomic E-state index is 11.9. The first-order chi connectivity index (χ1) is 14.1. The number of pyridine rings is 1. The van der Waals surface area contributed by atoms with Crippen molar-refractivity contribution in [3.05, 3.63) is 48.7 Å². The number of rotatable bonds is 6. The monoisotopic (exact) mass is 393 g/mol. The van der Waals surface area contributed by atoms with Gasteiger partial charge in [0.2, 0.25) is 5.95 Å². The van der Waals surface area contributed by atoms with Gasteiger partial charge in [-0.1, -0.05) is 12.8 Å². The highest BCUT2D eigenvalue weighted by Gasteiger charge is 2.23. The smallest absolute Gasteiger partial charge is 0.254 e. The number of anilines is 3. The van der Waals surface area contributed by atoms with Gasteiger partial charge < -0.3 is 22.1 Å². The van der Waals surface area contributed by atoms with Crippen molar-refractivity contribution in [2.24, 2.45) is 11.5 Å². The Hall–Kier alpha value is -3.53. The van der Waals surface area contributed by atoms with E-state index in [9.17, 15) is 4.79 Å². The van der Waals surface area contributed by atoms with Gasteiger partial charge in [0.15, 0.2) is 0 Å². The quantitative estimate of drug-likeness (QED) is 0.493. The molecule has 1 saturated carbocycles. The van der Waals surface area contributed by atoms with E-state index in [1.165, 1.54) is 6.20 Å². The molecule has 0 saturated heterocycles. The molecule has 1 amide bonds. The lowest BCUT2D eigenvalue weighted by molar-refractivity contribution is 0.100. The van der Waals surface area contributed by atoms with Gasteiger partial charge in [0.05, 0.1) is 23.8 Å². The van der Waals surface area contributed by atoms with Crippen LogP contribution in [0.1, 0.15) is 36.0 Å². The van der Waals surface area contributed by atoms with Crippen LogP contribution >= 0.6 is 0 Å². The zero-order valence-corrected chi connectivity index (χ0v) is 15.8. The van der Waals surface area contributed by atoms with Crippen molar-refractivity contribution < 1.29 is 4.79 Å². The van der Waals surface area contributed by atoms with Gasteiger partial charge in [-0.05, 0) is 25.0 Å². The van der Waals surface area contributed by atoms with E-state index in [4.69, 9.17) is 11.5 Å². The molecule has 10 heteroatoms. The van der Waals surface area contributed by atoms with Crippen LogP contribution in [0, 0.1) is 0 Å². The molecule has 29 heavy (non-hydrogen) atoms. The van der Waals surface area contributed by atoms with Crippen molar-refractivity contribution in [1.82, 2.24) is 24.7 Å². The van der Waals surface area contributed by atoms with Gasteiger partial charge in [-0.2, -0.15) is 10.1 Å². The van der Waals surface area contributed by atoms with Crippen molar-refractivity contribution in [3.8, 4) is 5.69 Å². The van der Waals surface area contributed by atoms with Crippen molar-refractivity contribution >= 4 is 23.4 Å². The largest absolute Gasteiger partial charge is 0.365 e. The van der Waals surface area contributed by atoms with Crippen LogP contribution in [-0.4, -0.2) is 42.7 Å². The van der Waals surface area contributed by atoms with E-state index in [0.717, 1.165) is 31.4 Å². The first kappa shape index (κ1) is 18.8. The predicted molar refractivity (Wildman–Crippen MR) is 109 cm³/mol. The van der Waals surface area contributed by atoms with E-state index in [0.29, 0.717) is 17.5 Å². The lowest BCUT2D eigenvalue weighted by Gasteiger charge is -2.29. The second kappa shape index (κ2) is 8.23. The summed E-state index contributed by atoms with van der Waals surface area (Å²) in [4.78, 5) is 24.8. The number of hydrogen-bond acceptors (Lipinski definition) is 8. The molecule has 0 spiro atoms. The third-order valence-electron chi connectivity index (χ3n) is 4.94. The number of hydrogen-bond donors (Lipinski definition) is 4. The van der Waals surface area contributed by atoms with E-state index >= 15 is 0 Å². The van der Waals surface area contributed by atoms with E-state index < -0.39 is 5.91 Å². The fraction of sp³-hybridized carbons (Fsp3) is 0.316. The van der Waals surface area contributed by atoms with Gasteiger partial charge in [-0.25, -0.2) is 9.67 Å². The van der Waals surface area contributed by atoms with Crippen LogP contribution in [0.15, 0.2) is 43.1 Å². The zero-order chi connectivity index (χ0) is 20.2. The molecule has 0 radical (unpaired) electrons. The van der Waals surface area contributed by atoms with E-state index in [-0.39, 0.29) is 17.6 Å². The Morgan fingerprint density at radius 1 is 1.21 bits per heavy atom. The third kappa shape index (κ3) is 4.32. The highest BCUT2D eigenvalue weighted by Crippen LogP contribution is 2.23. The summed E-state index contributed by atoms with van der Waals surface area (Å²) in [5.74, 6) is 0.0828. The molecule has 0 bridgehead atoms. The molecule has 10 nitrogen and oxygen atoms in total. The molecule has 1 aliphatic carbocycles. The molecule has 1 aliphatic rings. The Kier molecular flexibility index (Phi) is 5.34. The summed E-state index contributed by atoms with van der Waals surface area (Å²) in [7, 11) is 0. The number of amides is 1. The minimum absolute atomic E-state index is 0.0505. The maximum Gasteiger partial charge on any atom is 0.254 e. The molecule has 0 aliphatic heterocycles. The Bertz CT molecular complexity index is 989. The summed E-state index contributed by atoms with van der Waals surface area (Å²) in [6, 6.07) is 3.82. The van der Waals surface area contributed by atoms with Crippen LogP contribution in [0.2, 0.25) is 0 Å². The van der Waals surface area contributed by atoms with Gasteiger partial charge in [-0.3, -0.25) is 9.78 Å². The Morgan fingerprint density at radius 2 is 2.07 bits per heavy atom. The maximum absolute atomic E-state index is 11.9. The number of carbonyl (C=O) groups excluding carboxylic acids is 1. The first-order valence-corrected chi connectivity index (χ1v) is 9.51. The van der Waals surface area contributed by atoms with Crippen LogP contribution in [0.3, 0.4) is 0 Å². The number of aromatic nitrogens is 5. The average molecular weight is 393 g/mol. The van der Waals surface area contributed by atoms with Crippen LogP contribution < -0.4 is 22.1 Å². The van der Waals surface area contributed by atoms with Crippen LogP contribution in [0.25, 0.3) is 5.69 Å². The summed E-state index contributed by atoms with van der Waals surface area (Å²) >= 11 is 0. The summed E-state index contributed by atoms with van der Waals surface area (Å²) in [5, 5.41) is 10.6. The number of nitrogens with two attached hydrogens (primary N) is 2. The number of carbonyl (C=O) groups is 1. The molecule has 2 atom stereocenters. The first-order valence-electron chi connectivity index (χ1n) is 9.51. The SMILES string of the molecule is NC(=O)c1cnc(N[C@@H]2CCCC[C@@H]2N)nc1Nc1cncc(-n2cccn2)c1. The van der Waals surface area contributed by atoms with Crippen molar-refractivity contribution in [3.63, 3.8) is 0 Å². The summed E-state index contributed by atoms with van der Waals surface area (Å²) in [6.45, 7) is 0. The van der Waals surface area contributed by atoms with Crippen molar-refractivity contribution in [2.75, 3.05) is 10.6 Å². The molecule has 3 aromatic rings. The van der Waals surface area contributed by atoms with Crippen molar-refractivity contribution in [1.29, 1.82) is 0 Å². The van der Waals surface area contributed by atoms with Crippen LogP contribution in [0.4, 0.5) is 17.5 Å². The van der Waals surface area contributed by atoms with E-state index in [2.05, 4.69) is 30.7 Å². The number of primary amides is 1. The lowest BCUT2D eigenvalue weighted by Crippen LogP contribution is -2.43. The third-order valence-corrected chi connectivity index (χ3v) is 4.94.